The Morgan fingerprint density at radius 3 is 2.27 bits per heavy atom. The zero-order valence-corrected chi connectivity index (χ0v) is 12.8. The molecule has 2 amide bonds. The van der Waals surface area contributed by atoms with Crippen LogP contribution in [0.5, 0.6) is 0 Å². The Kier molecular flexibility index (Phi) is 5.31. The summed E-state index contributed by atoms with van der Waals surface area (Å²) in [5.41, 5.74) is 2.67. The molecule has 0 saturated heterocycles. The molecule has 0 heterocycles. The van der Waals surface area contributed by atoms with Gasteiger partial charge in [0.2, 0.25) is 5.91 Å². The number of benzene rings is 2. The van der Waals surface area contributed by atoms with Crippen molar-refractivity contribution in [3.05, 3.63) is 71.3 Å². The number of hydrogen-bond donors (Lipinski definition) is 2. The van der Waals surface area contributed by atoms with E-state index in [-0.39, 0.29) is 24.4 Å². The molecule has 22 heavy (non-hydrogen) atoms. The predicted molar refractivity (Wildman–Crippen MR) is 86.5 cm³/mol. The third kappa shape index (κ3) is 4.45. The minimum absolute atomic E-state index is 0.0378. The van der Waals surface area contributed by atoms with Crippen molar-refractivity contribution in [3.8, 4) is 0 Å². The van der Waals surface area contributed by atoms with Gasteiger partial charge < -0.3 is 10.6 Å². The van der Waals surface area contributed by atoms with Crippen LogP contribution in [0.4, 0.5) is 0 Å². The zero-order valence-electron chi connectivity index (χ0n) is 12.8. The van der Waals surface area contributed by atoms with Crippen LogP contribution in [0.3, 0.4) is 0 Å². The summed E-state index contributed by atoms with van der Waals surface area (Å²) in [5, 5.41) is 5.48. The highest BCUT2D eigenvalue weighted by molar-refractivity contribution is 5.96. The molecule has 4 nitrogen and oxygen atoms in total. The minimum Gasteiger partial charge on any atom is -0.348 e. The first-order valence-corrected chi connectivity index (χ1v) is 7.25. The van der Waals surface area contributed by atoms with Gasteiger partial charge in [-0.25, -0.2) is 0 Å². The molecule has 0 radical (unpaired) electrons. The molecule has 1 unspecified atom stereocenters. The van der Waals surface area contributed by atoms with E-state index >= 15 is 0 Å². The first-order valence-electron chi connectivity index (χ1n) is 7.25. The van der Waals surface area contributed by atoms with Crippen molar-refractivity contribution in [1.29, 1.82) is 0 Å². The van der Waals surface area contributed by atoms with Crippen LogP contribution >= 0.6 is 0 Å². The van der Waals surface area contributed by atoms with Crippen molar-refractivity contribution in [2.45, 2.75) is 19.9 Å². The van der Waals surface area contributed by atoms with Crippen LogP contribution in [0.15, 0.2) is 54.6 Å². The largest absolute Gasteiger partial charge is 0.348 e. The molecule has 0 bridgehead atoms. The molecule has 1 atom stereocenters. The van der Waals surface area contributed by atoms with Crippen LogP contribution in [0.1, 0.15) is 34.5 Å². The predicted octanol–water partition coefficient (Wildman–Crippen LogP) is 2.60. The van der Waals surface area contributed by atoms with Crippen LogP contribution in [-0.4, -0.2) is 18.4 Å². The van der Waals surface area contributed by atoms with E-state index in [2.05, 4.69) is 10.6 Å². The second-order valence-electron chi connectivity index (χ2n) is 5.25. The number of rotatable bonds is 5. The molecule has 0 spiro atoms. The van der Waals surface area contributed by atoms with Gasteiger partial charge in [-0.1, -0.05) is 48.0 Å². The fourth-order valence-corrected chi connectivity index (χ4v) is 2.09. The average Bonchev–Trinajstić information content (AvgIpc) is 2.54. The van der Waals surface area contributed by atoms with E-state index < -0.39 is 0 Å². The highest BCUT2D eigenvalue weighted by Gasteiger charge is 2.11. The van der Waals surface area contributed by atoms with Crippen molar-refractivity contribution in [2.75, 3.05) is 6.54 Å². The van der Waals surface area contributed by atoms with E-state index in [0.29, 0.717) is 5.56 Å². The molecular weight excluding hydrogens is 276 g/mol. The third-order valence-corrected chi connectivity index (χ3v) is 3.40. The maximum Gasteiger partial charge on any atom is 0.251 e. The maximum absolute atomic E-state index is 11.9. The summed E-state index contributed by atoms with van der Waals surface area (Å²) >= 11 is 0. The van der Waals surface area contributed by atoms with Gasteiger partial charge in [0.25, 0.3) is 5.91 Å². The number of carbonyl (C=O) groups excluding carboxylic acids is 2. The molecule has 2 aromatic rings. The van der Waals surface area contributed by atoms with Gasteiger partial charge in [0.15, 0.2) is 0 Å². The lowest BCUT2D eigenvalue weighted by atomic mass is 10.1. The molecular formula is C18H20N2O2. The standard InChI is InChI=1S/C18H20N2O2/c1-13-8-10-16(11-9-13)18(22)19-12-17(21)20-14(2)15-6-4-3-5-7-15/h3-11,14H,12H2,1-2H3,(H,19,22)(H,20,21). The Balaban J connectivity index is 1.82. The normalized spacial score (nSPS) is 11.5. The Labute approximate surface area is 130 Å². The Morgan fingerprint density at radius 1 is 1.00 bits per heavy atom. The second-order valence-corrected chi connectivity index (χ2v) is 5.25. The Hall–Kier alpha value is -2.62. The van der Waals surface area contributed by atoms with Crippen LogP contribution in [0.25, 0.3) is 0 Å². The van der Waals surface area contributed by atoms with Crippen LogP contribution in [0, 0.1) is 6.92 Å². The van der Waals surface area contributed by atoms with Crippen molar-refractivity contribution in [3.63, 3.8) is 0 Å². The van der Waals surface area contributed by atoms with E-state index in [0.717, 1.165) is 11.1 Å². The monoisotopic (exact) mass is 296 g/mol. The summed E-state index contributed by atoms with van der Waals surface area (Å²) in [5.74, 6) is -0.459. The maximum atomic E-state index is 11.9. The second kappa shape index (κ2) is 7.41. The number of aryl methyl sites for hydroxylation is 1. The van der Waals surface area contributed by atoms with Crippen molar-refractivity contribution in [1.82, 2.24) is 10.6 Å². The fourth-order valence-electron chi connectivity index (χ4n) is 2.09. The molecule has 0 aliphatic carbocycles. The van der Waals surface area contributed by atoms with Crippen LogP contribution in [0.2, 0.25) is 0 Å². The molecule has 0 aromatic heterocycles. The third-order valence-electron chi connectivity index (χ3n) is 3.40. The van der Waals surface area contributed by atoms with Gasteiger partial charge in [0, 0.05) is 5.56 Å². The van der Waals surface area contributed by atoms with Crippen molar-refractivity contribution in [2.24, 2.45) is 0 Å². The average molecular weight is 296 g/mol. The quantitative estimate of drug-likeness (QED) is 0.891. The van der Waals surface area contributed by atoms with Gasteiger partial charge in [0.05, 0.1) is 12.6 Å². The Morgan fingerprint density at radius 2 is 1.64 bits per heavy atom. The highest BCUT2D eigenvalue weighted by Crippen LogP contribution is 2.10. The zero-order chi connectivity index (χ0) is 15.9. The summed E-state index contributed by atoms with van der Waals surface area (Å²) in [6.07, 6.45) is 0. The minimum atomic E-state index is -0.248. The number of amides is 2. The van der Waals surface area contributed by atoms with Crippen LogP contribution < -0.4 is 10.6 Å². The molecule has 0 aliphatic heterocycles. The van der Waals surface area contributed by atoms with E-state index in [1.807, 2.05) is 56.3 Å². The topological polar surface area (TPSA) is 58.2 Å². The lowest BCUT2D eigenvalue weighted by molar-refractivity contribution is -0.120. The number of hydrogen-bond acceptors (Lipinski definition) is 2. The molecule has 2 aromatic carbocycles. The lowest BCUT2D eigenvalue weighted by Crippen LogP contribution is -2.38. The van der Waals surface area contributed by atoms with Gasteiger partial charge in [-0.15, -0.1) is 0 Å². The van der Waals surface area contributed by atoms with Gasteiger partial charge in [-0.3, -0.25) is 9.59 Å². The summed E-state index contributed by atoms with van der Waals surface area (Å²) in [6, 6.07) is 16.8. The first-order chi connectivity index (χ1) is 10.6. The number of nitrogens with one attached hydrogen (secondary N) is 2. The van der Waals surface area contributed by atoms with Crippen molar-refractivity contribution >= 4 is 11.8 Å². The Bertz CT molecular complexity index is 636. The molecule has 2 N–H and O–H groups in total. The van der Waals surface area contributed by atoms with Gasteiger partial charge in [-0.2, -0.15) is 0 Å². The summed E-state index contributed by atoms with van der Waals surface area (Å²) in [6.45, 7) is 3.83. The molecule has 2 rings (SSSR count). The van der Waals surface area contributed by atoms with E-state index in [9.17, 15) is 9.59 Å². The fraction of sp³-hybridized carbons (Fsp3) is 0.222. The summed E-state index contributed by atoms with van der Waals surface area (Å²) in [4.78, 5) is 23.8. The van der Waals surface area contributed by atoms with Gasteiger partial charge in [-0.05, 0) is 31.5 Å². The lowest BCUT2D eigenvalue weighted by Gasteiger charge is -2.14. The molecule has 114 valence electrons. The number of carbonyl (C=O) groups is 2. The molecule has 4 heteroatoms. The van der Waals surface area contributed by atoms with Gasteiger partial charge in [0.1, 0.15) is 0 Å². The molecule has 0 saturated carbocycles. The molecule has 0 aliphatic rings. The first kappa shape index (κ1) is 15.8. The van der Waals surface area contributed by atoms with Crippen LogP contribution in [-0.2, 0) is 4.79 Å². The summed E-state index contributed by atoms with van der Waals surface area (Å²) in [7, 11) is 0. The van der Waals surface area contributed by atoms with E-state index in [1.165, 1.54) is 0 Å². The SMILES string of the molecule is Cc1ccc(C(=O)NCC(=O)NC(C)c2ccccc2)cc1. The smallest absolute Gasteiger partial charge is 0.251 e. The summed E-state index contributed by atoms with van der Waals surface area (Å²) < 4.78 is 0. The highest BCUT2D eigenvalue weighted by atomic mass is 16.2. The van der Waals surface area contributed by atoms with E-state index in [4.69, 9.17) is 0 Å². The van der Waals surface area contributed by atoms with Gasteiger partial charge >= 0.3 is 0 Å². The van der Waals surface area contributed by atoms with E-state index in [1.54, 1.807) is 12.1 Å². The van der Waals surface area contributed by atoms with Crippen molar-refractivity contribution < 1.29 is 9.59 Å². The molecule has 0 fully saturated rings.